The number of hydrogen-bond donors (Lipinski definition) is 2. The van der Waals surface area contributed by atoms with E-state index < -0.39 is 0 Å². The summed E-state index contributed by atoms with van der Waals surface area (Å²) < 4.78 is 0.893. The van der Waals surface area contributed by atoms with Gasteiger partial charge in [-0.15, -0.1) is 0 Å². The second-order valence-electron chi connectivity index (χ2n) is 3.53. The van der Waals surface area contributed by atoms with Gasteiger partial charge in [0.05, 0.1) is 4.47 Å². The predicted molar refractivity (Wildman–Crippen MR) is 67.2 cm³/mol. The number of hydrogen-bond acceptors (Lipinski definition) is 4. The Labute approximate surface area is 99.0 Å². The van der Waals surface area contributed by atoms with Crippen molar-refractivity contribution in [3.05, 3.63) is 10.7 Å². The highest BCUT2D eigenvalue weighted by molar-refractivity contribution is 9.10. The van der Waals surface area contributed by atoms with Crippen molar-refractivity contribution in [1.82, 2.24) is 9.97 Å². The van der Waals surface area contributed by atoms with Gasteiger partial charge in [0.1, 0.15) is 5.82 Å². The molecule has 4 nitrogen and oxygen atoms in total. The molecule has 5 heteroatoms. The summed E-state index contributed by atoms with van der Waals surface area (Å²) in [6.07, 6.45) is 2.91. The van der Waals surface area contributed by atoms with Crippen LogP contribution in [0.3, 0.4) is 0 Å². The van der Waals surface area contributed by atoms with Crippen molar-refractivity contribution in [3.63, 3.8) is 0 Å². The fraction of sp³-hybridized carbons (Fsp3) is 0.600. The molecule has 0 aliphatic heterocycles. The minimum Gasteiger partial charge on any atom is -0.369 e. The van der Waals surface area contributed by atoms with E-state index in [1.807, 2.05) is 7.05 Å². The minimum atomic E-state index is 0.629. The molecule has 0 aromatic carbocycles. The van der Waals surface area contributed by atoms with E-state index in [4.69, 9.17) is 0 Å². The highest BCUT2D eigenvalue weighted by Crippen LogP contribution is 2.20. The van der Waals surface area contributed by atoms with Crippen molar-refractivity contribution in [2.75, 3.05) is 24.2 Å². The van der Waals surface area contributed by atoms with Gasteiger partial charge >= 0.3 is 0 Å². The number of anilines is 2. The maximum absolute atomic E-state index is 4.32. The van der Waals surface area contributed by atoms with Crippen LogP contribution in [0.4, 0.5) is 11.8 Å². The Morgan fingerprint density at radius 3 is 2.87 bits per heavy atom. The lowest BCUT2D eigenvalue weighted by Gasteiger charge is -2.12. The number of aromatic nitrogens is 2. The van der Waals surface area contributed by atoms with Crippen molar-refractivity contribution in [2.24, 2.45) is 5.92 Å². The molecule has 0 aliphatic rings. The third kappa shape index (κ3) is 3.66. The third-order valence-electron chi connectivity index (χ3n) is 2.28. The molecule has 1 rings (SSSR count). The summed E-state index contributed by atoms with van der Waals surface area (Å²) in [4.78, 5) is 8.41. The first-order valence-electron chi connectivity index (χ1n) is 5.11. The van der Waals surface area contributed by atoms with Gasteiger partial charge in [0.15, 0.2) is 0 Å². The summed E-state index contributed by atoms with van der Waals surface area (Å²) in [6.45, 7) is 5.32. The van der Waals surface area contributed by atoms with E-state index in [9.17, 15) is 0 Å². The van der Waals surface area contributed by atoms with Crippen molar-refractivity contribution in [1.29, 1.82) is 0 Å². The molecule has 0 aliphatic carbocycles. The molecule has 1 atom stereocenters. The summed E-state index contributed by atoms with van der Waals surface area (Å²) in [7, 11) is 1.81. The van der Waals surface area contributed by atoms with Crippen LogP contribution in [0.5, 0.6) is 0 Å². The molecule has 0 saturated heterocycles. The lowest BCUT2D eigenvalue weighted by Crippen LogP contribution is -2.12. The van der Waals surface area contributed by atoms with E-state index in [2.05, 4.69) is 50.4 Å². The molecule has 0 spiro atoms. The zero-order valence-electron chi connectivity index (χ0n) is 9.34. The molecular weight excluding hydrogens is 256 g/mol. The van der Waals surface area contributed by atoms with Gasteiger partial charge < -0.3 is 10.6 Å². The SMILES string of the molecule is CCC(C)CNc1nc(NC)ncc1Br. The van der Waals surface area contributed by atoms with Gasteiger partial charge in [0.2, 0.25) is 5.95 Å². The van der Waals surface area contributed by atoms with Gasteiger partial charge in [0.25, 0.3) is 0 Å². The fourth-order valence-corrected chi connectivity index (χ4v) is 1.36. The van der Waals surface area contributed by atoms with Crippen LogP contribution < -0.4 is 10.6 Å². The Balaban J connectivity index is 2.66. The Morgan fingerprint density at radius 1 is 1.53 bits per heavy atom. The zero-order valence-corrected chi connectivity index (χ0v) is 10.9. The first-order valence-corrected chi connectivity index (χ1v) is 5.90. The van der Waals surface area contributed by atoms with E-state index in [-0.39, 0.29) is 0 Å². The summed E-state index contributed by atoms with van der Waals surface area (Å²) in [5, 5.41) is 6.21. The van der Waals surface area contributed by atoms with Gasteiger partial charge in [-0.25, -0.2) is 4.98 Å². The number of nitrogens with one attached hydrogen (secondary N) is 2. The summed E-state index contributed by atoms with van der Waals surface area (Å²) in [5.74, 6) is 2.12. The van der Waals surface area contributed by atoms with Crippen molar-refractivity contribution < 1.29 is 0 Å². The molecule has 0 bridgehead atoms. The topological polar surface area (TPSA) is 49.8 Å². The maximum atomic E-state index is 4.32. The fourth-order valence-electron chi connectivity index (χ4n) is 1.03. The van der Waals surface area contributed by atoms with Gasteiger partial charge in [-0.1, -0.05) is 20.3 Å². The number of nitrogens with zero attached hydrogens (tertiary/aromatic N) is 2. The van der Waals surface area contributed by atoms with Crippen molar-refractivity contribution >= 4 is 27.7 Å². The Morgan fingerprint density at radius 2 is 2.27 bits per heavy atom. The average molecular weight is 273 g/mol. The van der Waals surface area contributed by atoms with Gasteiger partial charge in [-0.2, -0.15) is 4.98 Å². The van der Waals surface area contributed by atoms with Crippen molar-refractivity contribution in [3.8, 4) is 0 Å². The monoisotopic (exact) mass is 272 g/mol. The minimum absolute atomic E-state index is 0.629. The highest BCUT2D eigenvalue weighted by Gasteiger charge is 2.05. The molecule has 0 fully saturated rings. The molecule has 1 aromatic heterocycles. The first-order chi connectivity index (χ1) is 7.17. The predicted octanol–water partition coefficient (Wildman–Crippen LogP) is 2.74. The molecule has 1 heterocycles. The van der Waals surface area contributed by atoms with Crippen LogP contribution in [-0.4, -0.2) is 23.6 Å². The molecule has 1 aromatic rings. The van der Waals surface area contributed by atoms with Crippen LogP contribution in [0, 0.1) is 5.92 Å². The Kier molecular flexibility index (Phi) is 4.81. The average Bonchev–Trinajstić information content (AvgIpc) is 2.27. The van der Waals surface area contributed by atoms with Crippen LogP contribution in [0.25, 0.3) is 0 Å². The van der Waals surface area contributed by atoms with E-state index in [1.54, 1.807) is 6.20 Å². The lowest BCUT2D eigenvalue weighted by atomic mass is 10.1. The Hall–Kier alpha value is -0.840. The van der Waals surface area contributed by atoms with Crippen LogP contribution in [0.1, 0.15) is 20.3 Å². The molecule has 0 amide bonds. The maximum Gasteiger partial charge on any atom is 0.224 e. The standard InChI is InChI=1S/C10H17BrN4/c1-4-7(2)5-13-9-8(11)6-14-10(12-3)15-9/h6-7H,4-5H2,1-3H3,(H2,12,13,14,15). The second-order valence-corrected chi connectivity index (χ2v) is 4.39. The molecule has 0 saturated carbocycles. The van der Waals surface area contributed by atoms with Crippen molar-refractivity contribution in [2.45, 2.75) is 20.3 Å². The van der Waals surface area contributed by atoms with Gasteiger partial charge in [-0.3, -0.25) is 0 Å². The second kappa shape index (κ2) is 5.90. The van der Waals surface area contributed by atoms with Crippen LogP contribution in [-0.2, 0) is 0 Å². The summed E-state index contributed by atoms with van der Waals surface area (Å²) in [6, 6.07) is 0. The quantitative estimate of drug-likeness (QED) is 0.866. The Bertz CT molecular complexity index is 316. The number of rotatable bonds is 5. The molecule has 84 valence electrons. The summed E-state index contributed by atoms with van der Waals surface area (Å²) in [5.41, 5.74) is 0. The van der Waals surface area contributed by atoms with Gasteiger partial charge in [0, 0.05) is 19.8 Å². The zero-order chi connectivity index (χ0) is 11.3. The lowest BCUT2D eigenvalue weighted by molar-refractivity contribution is 0.592. The van der Waals surface area contributed by atoms with E-state index >= 15 is 0 Å². The van der Waals surface area contributed by atoms with E-state index in [0.717, 1.165) is 23.3 Å². The normalized spacial score (nSPS) is 12.3. The smallest absolute Gasteiger partial charge is 0.224 e. The molecular formula is C10H17BrN4. The van der Waals surface area contributed by atoms with E-state index in [1.165, 1.54) is 0 Å². The molecule has 0 radical (unpaired) electrons. The van der Waals surface area contributed by atoms with Crippen LogP contribution in [0.2, 0.25) is 0 Å². The van der Waals surface area contributed by atoms with E-state index in [0.29, 0.717) is 11.9 Å². The van der Waals surface area contributed by atoms with Crippen LogP contribution in [0.15, 0.2) is 10.7 Å². The molecule has 2 N–H and O–H groups in total. The van der Waals surface area contributed by atoms with Gasteiger partial charge in [-0.05, 0) is 21.8 Å². The van der Waals surface area contributed by atoms with Crippen LogP contribution >= 0.6 is 15.9 Å². The number of halogens is 1. The summed E-state index contributed by atoms with van der Waals surface area (Å²) >= 11 is 3.42. The molecule has 1 unspecified atom stereocenters. The largest absolute Gasteiger partial charge is 0.369 e. The molecule has 15 heavy (non-hydrogen) atoms. The first kappa shape index (κ1) is 12.2. The third-order valence-corrected chi connectivity index (χ3v) is 2.86. The highest BCUT2D eigenvalue weighted by atomic mass is 79.9.